The Bertz CT molecular complexity index is 677. The maximum Gasteiger partial charge on any atom is 0.349 e. The predicted molar refractivity (Wildman–Crippen MR) is 74.5 cm³/mol. The fourth-order valence-corrected chi connectivity index (χ4v) is 3.30. The number of fused-ring (bicyclic) bond motifs is 1. The Morgan fingerprint density at radius 1 is 1.30 bits per heavy atom. The summed E-state index contributed by atoms with van der Waals surface area (Å²) in [5.41, 5.74) is 0. The summed E-state index contributed by atoms with van der Waals surface area (Å²) in [6.45, 7) is 0. The molecule has 2 aromatic rings. The number of ketones is 1. The van der Waals surface area contributed by atoms with Crippen LogP contribution in [0, 0.1) is 5.82 Å². The lowest BCUT2D eigenvalue weighted by molar-refractivity contribution is -0.129. The van der Waals surface area contributed by atoms with Gasteiger partial charge in [-0.1, -0.05) is 0 Å². The quantitative estimate of drug-likeness (QED) is 0.792. The number of esters is 1. The van der Waals surface area contributed by atoms with Gasteiger partial charge in [-0.15, -0.1) is 11.3 Å². The van der Waals surface area contributed by atoms with Gasteiger partial charge in [-0.3, -0.25) is 4.79 Å². The number of ether oxygens (including phenoxy) is 1. The van der Waals surface area contributed by atoms with Crippen LogP contribution in [0.5, 0.6) is 0 Å². The van der Waals surface area contributed by atoms with Crippen molar-refractivity contribution >= 4 is 33.2 Å². The number of rotatable bonds is 2. The van der Waals surface area contributed by atoms with Crippen molar-refractivity contribution in [2.75, 3.05) is 0 Å². The molecule has 0 saturated heterocycles. The summed E-state index contributed by atoms with van der Waals surface area (Å²) >= 11 is 1.25. The molecular weight excluding hydrogens is 279 g/mol. The molecule has 0 amide bonds. The molecule has 1 atom stereocenters. The van der Waals surface area contributed by atoms with Crippen molar-refractivity contribution in [3.8, 4) is 0 Å². The average Bonchev–Trinajstić information content (AvgIpc) is 2.84. The number of carbonyl (C=O) groups is 2. The predicted octanol–water partition coefficient (Wildman–Crippen LogP) is 3.71. The van der Waals surface area contributed by atoms with Crippen molar-refractivity contribution in [3.63, 3.8) is 0 Å². The van der Waals surface area contributed by atoms with E-state index in [1.807, 2.05) is 0 Å². The van der Waals surface area contributed by atoms with Gasteiger partial charge in [0.2, 0.25) is 0 Å². The molecule has 3 rings (SSSR count). The van der Waals surface area contributed by atoms with Gasteiger partial charge in [-0.05, 0) is 48.9 Å². The van der Waals surface area contributed by atoms with E-state index in [0.717, 1.165) is 17.5 Å². The first-order chi connectivity index (χ1) is 9.63. The molecule has 104 valence electrons. The average molecular weight is 292 g/mol. The van der Waals surface area contributed by atoms with Crippen LogP contribution in [-0.4, -0.2) is 17.9 Å². The molecular formula is C15H13FO3S. The molecule has 0 spiro atoms. The first-order valence-electron chi connectivity index (χ1n) is 6.56. The maximum absolute atomic E-state index is 13.1. The number of carbonyl (C=O) groups excluding carboxylic acids is 2. The lowest BCUT2D eigenvalue weighted by Gasteiger charge is -2.20. The van der Waals surface area contributed by atoms with Gasteiger partial charge < -0.3 is 4.74 Å². The third-order valence-corrected chi connectivity index (χ3v) is 4.52. The highest BCUT2D eigenvalue weighted by Crippen LogP contribution is 2.28. The van der Waals surface area contributed by atoms with E-state index in [1.54, 1.807) is 12.1 Å². The number of thiophene rings is 1. The number of Topliss-reactive ketones (excluding diaryl/α,β-unsaturated/α-hetero) is 1. The van der Waals surface area contributed by atoms with Crippen LogP contribution in [0.3, 0.4) is 0 Å². The topological polar surface area (TPSA) is 43.4 Å². The van der Waals surface area contributed by atoms with Crippen molar-refractivity contribution in [1.82, 2.24) is 0 Å². The Morgan fingerprint density at radius 2 is 2.15 bits per heavy atom. The van der Waals surface area contributed by atoms with Gasteiger partial charge in [-0.2, -0.15) is 0 Å². The van der Waals surface area contributed by atoms with Gasteiger partial charge in [0, 0.05) is 11.1 Å². The fraction of sp³-hybridized carbons (Fsp3) is 0.333. The van der Waals surface area contributed by atoms with Crippen LogP contribution in [-0.2, 0) is 9.53 Å². The van der Waals surface area contributed by atoms with E-state index in [4.69, 9.17) is 4.74 Å². The number of hydrogen-bond donors (Lipinski definition) is 0. The second kappa shape index (κ2) is 5.32. The Hall–Kier alpha value is -1.75. The molecule has 1 aromatic heterocycles. The first kappa shape index (κ1) is 13.2. The zero-order valence-electron chi connectivity index (χ0n) is 10.7. The zero-order valence-corrected chi connectivity index (χ0v) is 11.5. The molecule has 0 N–H and O–H groups in total. The summed E-state index contributed by atoms with van der Waals surface area (Å²) in [5.74, 6) is -0.832. The Kier molecular flexibility index (Phi) is 3.53. The van der Waals surface area contributed by atoms with Gasteiger partial charge >= 0.3 is 5.97 Å². The molecule has 1 aliphatic carbocycles. The van der Waals surface area contributed by atoms with Crippen molar-refractivity contribution in [1.29, 1.82) is 0 Å². The highest BCUT2D eigenvalue weighted by Gasteiger charge is 2.26. The summed E-state index contributed by atoms with van der Waals surface area (Å²) in [7, 11) is 0. The van der Waals surface area contributed by atoms with E-state index in [-0.39, 0.29) is 11.6 Å². The van der Waals surface area contributed by atoms with E-state index in [0.29, 0.717) is 23.1 Å². The monoisotopic (exact) mass is 292 g/mol. The van der Waals surface area contributed by atoms with Crippen molar-refractivity contribution in [3.05, 3.63) is 35.0 Å². The smallest absolute Gasteiger partial charge is 0.349 e. The molecule has 1 aliphatic rings. The molecule has 0 unspecified atom stereocenters. The Morgan fingerprint density at radius 3 is 2.95 bits per heavy atom. The van der Waals surface area contributed by atoms with Crippen LogP contribution >= 0.6 is 11.3 Å². The van der Waals surface area contributed by atoms with Gasteiger partial charge in [0.1, 0.15) is 10.7 Å². The van der Waals surface area contributed by atoms with Gasteiger partial charge in [0.05, 0.1) is 0 Å². The summed E-state index contributed by atoms with van der Waals surface area (Å²) in [6.07, 6.45) is 2.24. The van der Waals surface area contributed by atoms with E-state index in [9.17, 15) is 14.0 Å². The SMILES string of the molecule is O=C(O[C@@H]1CCCCC1=O)c1cc2cc(F)ccc2s1. The molecule has 0 bridgehead atoms. The Balaban J connectivity index is 1.79. The number of benzene rings is 1. The third kappa shape index (κ3) is 2.58. The van der Waals surface area contributed by atoms with Crippen LogP contribution < -0.4 is 0 Å². The van der Waals surface area contributed by atoms with Crippen molar-refractivity contribution < 1.29 is 18.7 Å². The summed E-state index contributed by atoms with van der Waals surface area (Å²) in [4.78, 5) is 24.1. The highest BCUT2D eigenvalue weighted by molar-refractivity contribution is 7.20. The molecule has 20 heavy (non-hydrogen) atoms. The largest absolute Gasteiger partial charge is 0.450 e. The minimum absolute atomic E-state index is 0.00300. The van der Waals surface area contributed by atoms with E-state index in [1.165, 1.54) is 23.5 Å². The maximum atomic E-state index is 13.1. The molecule has 1 fully saturated rings. The van der Waals surface area contributed by atoms with E-state index in [2.05, 4.69) is 0 Å². The summed E-state index contributed by atoms with van der Waals surface area (Å²) in [6, 6.07) is 5.99. The Labute approximate surface area is 119 Å². The van der Waals surface area contributed by atoms with Gasteiger partial charge in [0.25, 0.3) is 0 Å². The lowest BCUT2D eigenvalue weighted by atomic mass is 9.96. The lowest BCUT2D eigenvalue weighted by Crippen LogP contribution is -2.29. The minimum Gasteiger partial charge on any atom is -0.450 e. The molecule has 0 radical (unpaired) electrons. The van der Waals surface area contributed by atoms with Crippen LogP contribution in [0.1, 0.15) is 35.4 Å². The van der Waals surface area contributed by atoms with Gasteiger partial charge in [-0.25, -0.2) is 9.18 Å². The zero-order chi connectivity index (χ0) is 14.1. The first-order valence-corrected chi connectivity index (χ1v) is 7.38. The van der Waals surface area contributed by atoms with Crippen molar-refractivity contribution in [2.45, 2.75) is 31.8 Å². The molecule has 5 heteroatoms. The van der Waals surface area contributed by atoms with Crippen LogP contribution in [0.2, 0.25) is 0 Å². The third-order valence-electron chi connectivity index (χ3n) is 3.43. The summed E-state index contributed by atoms with van der Waals surface area (Å²) in [5, 5.41) is 0.678. The normalized spacial score (nSPS) is 19.2. The molecule has 1 saturated carbocycles. The van der Waals surface area contributed by atoms with Crippen LogP contribution in [0.25, 0.3) is 10.1 Å². The number of hydrogen-bond acceptors (Lipinski definition) is 4. The van der Waals surface area contributed by atoms with E-state index >= 15 is 0 Å². The van der Waals surface area contributed by atoms with Crippen LogP contribution in [0.15, 0.2) is 24.3 Å². The van der Waals surface area contributed by atoms with Gasteiger partial charge in [0.15, 0.2) is 11.9 Å². The second-order valence-corrected chi connectivity index (χ2v) is 5.98. The molecule has 0 aliphatic heterocycles. The van der Waals surface area contributed by atoms with Crippen LogP contribution in [0.4, 0.5) is 4.39 Å². The highest BCUT2D eigenvalue weighted by atomic mass is 32.1. The fourth-order valence-electron chi connectivity index (χ4n) is 2.38. The molecule has 3 nitrogen and oxygen atoms in total. The van der Waals surface area contributed by atoms with E-state index < -0.39 is 12.1 Å². The number of halogens is 1. The minimum atomic E-state index is -0.613. The molecule has 1 heterocycles. The summed E-state index contributed by atoms with van der Waals surface area (Å²) < 4.78 is 19.2. The second-order valence-electron chi connectivity index (χ2n) is 4.90. The molecule has 1 aromatic carbocycles. The standard InChI is InChI=1S/C15H13FO3S/c16-10-5-6-13-9(7-10)8-14(20-13)15(18)19-12-4-2-1-3-11(12)17/h5-8,12H,1-4H2/t12-/m1/s1. The van der Waals surface area contributed by atoms with Crippen molar-refractivity contribution in [2.24, 2.45) is 0 Å².